The number of fused-ring (bicyclic) bond motifs is 1. The predicted octanol–water partition coefficient (Wildman–Crippen LogP) is 5.34. The summed E-state index contributed by atoms with van der Waals surface area (Å²) in [5.74, 6) is 1.09. The van der Waals surface area contributed by atoms with Crippen molar-refractivity contribution in [3.05, 3.63) is 82.9 Å². The second-order valence-electron chi connectivity index (χ2n) is 7.24. The van der Waals surface area contributed by atoms with Gasteiger partial charge in [0.2, 0.25) is 5.75 Å². The van der Waals surface area contributed by atoms with Crippen molar-refractivity contribution in [1.82, 2.24) is 10.4 Å². The van der Waals surface area contributed by atoms with Gasteiger partial charge in [0.25, 0.3) is 5.91 Å². The van der Waals surface area contributed by atoms with Crippen LogP contribution in [0.2, 0.25) is 5.02 Å². The van der Waals surface area contributed by atoms with Gasteiger partial charge in [-0.1, -0.05) is 41.9 Å². The Hall–Kier alpha value is -4.10. The minimum atomic E-state index is -0.363. The highest BCUT2D eigenvalue weighted by Gasteiger charge is 2.15. The van der Waals surface area contributed by atoms with Crippen LogP contribution in [0.1, 0.15) is 15.9 Å². The highest BCUT2D eigenvalue weighted by atomic mass is 35.5. The summed E-state index contributed by atoms with van der Waals surface area (Å²) in [7, 11) is 4.60. The number of nitrogens with zero attached hydrogens (tertiary/aromatic N) is 2. The molecule has 0 fully saturated rings. The number of benzene rings is 3. The van der Waals surface area contributed by atoms with Gasteiger partial charge in [-0.15, -0.1) is 0 Å². The molecular weight excluding hydrogens is 454 g/mol. The summed E-state index contributed by atoms with van der Waals surface area (Å²) in [6, 6.07) is 20.0. The van der Waals surface area contributed by atoms with Crippen molar-refractivity contribution in [2.45, 2.75) is 0 Å². The smallest absolute Gasteiger partial charge is 0.272 e. The number of nitrogens with one attached hydrogen (secondary N) is 1. The number of methoxy groups -OCH3 is 3. The van der Waals surface area contributed by atoms with Crippen LogP contribution >= 0.6 is 11.6 Å². The molecule has 0 bridgehead atoms. The van der Waals surface area contributed by atoms with Crippen LogP contribution in [-0.4, -0.2) is 38.4 Å². The number of pyridine rings is 1. The highest BCUT2D eigenvalue weighted by molar-refractivity contribution is 6.30. The van der Waals surface area contributed by atoms with Crippen LogP contribution in [0.25, 0.3) is 22.2 Å². The second kappa shape index (κ2) is 10.2. The van der Waals surface area contributed by atoms with E-state index >= 15 is 0 Å². The molecule has 34 heavy (non-hydrogen) atoms. The largest absolute Gasteiger partial charge is 0.493 e. The molecule has 0 aliphatic carbocycles. The lowest BCUT2D eigenvalue weighted by Crippen LogP contribution is -2.18. The zero-order valence-corrected chi connectivity index (χ0v) is 19.6. The minimum absolute atomic E-state index is 0.363. The third-order valence-electron chi connectivity index (χ3n) is 5.17. The lowest BCUT2D eigenvalue weighted by Gasteiger charge is -2.12. The molecule has 0 saturated carbocycles. The molecule has 1 aromatic heterocycles. The number of carbonyl (C=O) groups is 1. The normalized spacial score (nSPS) is 10.9. The first kappa shape index (κ1) is 23.1. The maximum Gasteiger partial charge on any atom is 0.272 e. The van der Waals surface area contributed by atoms with Gasteiger partial charge in [0, 0.05) is 21.5 Å². The summed E-state index contributed by atoms with van der Waals surface area (Å²) in [6.07, 6.45) is 1.51. The van der Waals surface area contributed by atoms with Crippen LogP contribution in [0.4, 0.5) is 0 Å². The standard InChI is InChI=1S/C26H22ClN3O4/c1-32-23-12-16(13-24(33-2)25(23)34-3)15-28-30-26(31)20-14-22(17-8-10-18(27)11-9-17)29-21-7-5-4-6-19(20)21/h4-15H,1-3H3,(H,30,31)/b28-15+. The summed E-state index contributed by atoms with van der Waals surface area (Å²) in [5.41, 5.74) is 5.93. The molecule has 172 valence electrons. The Labute approximate surface area is 201 Å². The van der Waals surface area contributed by atoms with Gasteiger partial charge in [0.15, 0.2) is 11.5 Å². The van der Waals surface area contributed by atoms with Crippen molar-refractivity contribution < 1.29 is 19.0 Å². The quantitative estimate of drug-likeness (QED) is 0.288. The number of para-hydroxylation sites is 1. The lowest BCUT2D eigenvalue weighted by molar-refractivity contribution is 0.0956. The van der Waals surface area contributed by atoms with Gasteiger partial charge in [-0.3, -0.25) is 4.79 Å². The van der Waals surface area contributed by atoms with E-state index in [2.05, 4.69) is 10.5 Å². The van der Waals surface area contributed by atoms with E-state index in [0.29, 0.717) is 44.6 Å². The van der Waals surface area contributed by atoms with Crippen molar-refractivity contribution in [3.63, 3.8) is 0 Å². The van der Waals surface area contributed by atoms with E-state index in [4.69, 9.17) is 30.8 Å². The van der Waals surface area contributed by atoms with Crippen LogP contribution < -0.4 is 19.6 Å². The fourth-order valence-electron chi connectivity index (χ4n) is 3.53. The topological polar surface area (TPSA) is 82.0 Å². The Balaban J connectivity index is 1.64. The molecule has 4 rings (SSSR count). The maximum absolute atomic E-state index is 13.1. The number of carbonyl (C=O) groups excluding carboxylic acids is 1. The van der Waals surface area contributed by atoms with Crippen molar-refractivity contribution in [3.8, 4) is 28.5 Å². The molecule has 0 aliphatic heterocycles. The number of halogens is 1. The summed E-state index contributed by atoms with van der Waals surface area (Å²) < 4.78 is 16.0. The van der Waals surface area contributed by atoms with Gasteiger partial charge in [-0.25, -0.2) is 10.4 Å². The third-order valence-corrected chi connectivity index (χ3v) is 5.42. The van der Waals surface area contributed by atoms with Crippen molar-refractivity contribution in [2.75, 3.05) is 21.3 Å². The number of rotatable bonds is 7. The SMILES string of the molecule is COc1cc(/C=N/NC(=O)c2cc(-c3ccc(Cl)cc3)nc3ccccc23)cc(OC)c1OC. The molecule has 0 spiro atoms. The Morgan fingerprint density at radius 2 is 1.62 bits per heavy atom. The second-order valence-corrected chi connectivity index (χ2v) is 7.67. The molecule has 0 aliphatic rings. The van der Waals surface area contributed by atoms with E-state index in [0.717, 1.165) is 10.9 Å². The Kier molecular flexibility index (Phi) is 6.94. The van der Waals surface area contributed by atoms with Crippen LogP contribution in [0.15, 0.2) is 71.8 Å². The molecule has 4 aromatic rings. The van der Waals surface area contributed by atoms with E-state index < -0.39 is 0 Å². The summed E-state index contributed by atoms with van der Waals surface area (Å²) >= 11 is 6.02. The summed E-state index contributed by atoms with van der Waals surface area (Å²) in [4.78, 5) is 17.8. The molecule has 1 amide bonds. The number of ether oxygens (including phenoxy) is 3. The zero-order valence-electron chi connectivity index (χ0n) is 18.8. The Bertz CT molecular complexity index is 1350. The number of amides is 1. The van der Waals surface area contributed by atoms with E-state index in [1.807, 2.05) is 36.4 Å². The first-order valence-corrected chi connectivity index (χ1v) is 10.7. The molecule has 3 aromatic carbocycles. The summed E-state index contributed by atoms with van der Waals surface area (Å²) in [6.45, 7) is 0. The van der Waals surface area contributed by atoms with Crippen molar-refractivity contribution in [2.24, 2.45) is 5.10 Å². The highest BCUT2D eigenvalue weighted by Crippen LogP contribution is 2.37. The molecule has 8 heteroatoms. The van der Waals surface area contributed by atoms with Gasteiger partial charge in [-0.05, 0) is 36.4 Å². The van der Waals surface area contributed by atoms with Crippen LogP contribution in [-0.2, 0) is 0 Å². The molecule has 7 nitrogen and oxygen atoms in total. The molecule has 0 unspecified atom stereocenters. The summed E-state index contributed by atoms with van der Waals surface area (Å²) in [5, 5.41) is 5.48. The molecule has 1 N–H and O–H groups in total. The van der Waals surface area contributed by atoms with Gasteiger partial charge in [0.05, 0.1) is 44.3 Å². The Morgan fingerprint density at radius 1 is 0.941 bits per heavy atom. The van der Waals surface area contributed by atoms with Gasteiger partial charge < -0.3 is 14.2 Å². The number of hydrogen-bond acceptors (Lipinski definition) is 6. The van der Waals surface area contributed by atoms with Crippen LogP contribution in [0, 0.1) is 0 Å². The molecule has 1 heterocycles. The first-order valence-electron chi connectivity index (χ1n) is 10.3. The molecule has 0 atom stereocenters. The van der Waals surface area contributed by atoms with Crippen LogP contribution in [0.5, 0.6) is 17.2 Å². The number of hydrazone groups is 1. The molecular formula is C26H22ClN3O4. The first-order chi connectivity index (χ1) is 16.5. The number of aromatic nitrogens is 1. The van der Waals surface area contributed by atoms with Crippen molar-refractivity contribution >= 4 is 34.6 Å². The average Bonchev–Trinajstić information content (AvgIpc) is 2.87. The fraction of sp³-hybridized carbons (Fsp3) is 0.115. The maximum atomic E-state index is 13.1. The van der Waals surface area contributed by atoms with Gasteiger partial charge in [-0.2, -0.15) is 5.10 Å². The predicted molar refractivity (Wildman–Crippen MR) is 133 cm³/mol. The monoisotopic (exact) mass is 475 g/mol. The van der Waals surface area contributed by atoms with Crippen molar-refractivity contribution in [1.29, 1.82) is 0 Å². The molecule has 0 radical (unpaired) electrons. The van der Waals surface area contributed by atoms with E-state index in [-0.39, 0.29) is 5.91 Å². The third kappa shape index (κ3) is 4.79. The van der Waals surface area contributed by atoms with E-state index in [1.54, 1.807) is 30.3 Å². The Morgan fingerprint density at radius 3 is 2.26 bits per heavy atom. The average molecular weight is 476 g/mol. The van der Waals surface area contributed by atoms with Gasteiger partial charge >= 0.3 is 0 Å². The van der Waals surface area contributed by atoms with E-state index in [1.165, 1.54) is 27.5 Å². The number of hydrogen-bond donors (Lipinski definition) is 1. The molecule has 0 saturated heterocycles. The van der Waals surface area contributed by atoms with E-state index in [9.17, 15) is 4.79 Å². The zero-order chi connectivity index (χ0) is 24.1. The van der Waals surface area contributed by atoms with Gasteiger partial charge in [0.1, 0.15) is 0 Å². The lowest BCUT2D eigenvalue weighted by atomic mass is 10.0. The fourth-order valence-corrected chi connectivity index (χ4v) is 3.66. The van der Waals surface area contributed by atoms with Crippen LogP contribution in [0.3, 0.4) is 0 Å². The minimum Gasteiger partial charge on any atom is -0.493 e.